The topological polar surface area (TPSA) is 69.2 Å². The number of fused-ring (bicyclic) bond motifs is 1. The number of carbonyl (C=O) groups is 1. The monoisotopic (exact) mass is 286 g/mol. The van der Waals surface area contributed by atoms with Crippen LogP contribution in [0.4, 0.5) is 0 Å². The maximum absolute atomic E-state index is 12.6. The Bertz CT molecular complexity index is 662. The highest BCUT2D eigenvalue weighted by atomic mass is 17.5. The van der Waals surface area contributed by atoms with Gasteiger partial charge in [0.1, 0.15) is 5.82 Å². The van der Waals surface area contributed by atoms with Crippen molar-refractivity contribution in [2.75, 3.05) is 0 Å². The number of benzene rings is 1. The zero-order valence-corrected chi connectivity index (χ0v) is 11.3. The van der Waals surface area contributed by atoms with Crippen LogP contribution in [0.15, 0.2) is 35.1 Å². The lowest BCUT2D eigenvalue weighted by Crippen LogP contribution is -2.34. The summed E-state index contributed by atoms with van der Waals surface area (Å²) in [6, 6.07) is 5.43. The minimum Gasteiger partial charge on any atom is -0.310 e. The van der Waals surface area contributed by atoms with Crippen molar-refractivity contribution in [3.63, 3.8) is 0 Å². The summed E-state index contributed by atoms with van der Waals surface area (Å²) in [5, 5.41) is 7.36. The molecule has 1 amide bonds. The fourth-order valence-electron chi connectivity index (χ4n) is 2.63. The summed E-state index contributed by atoms with van der Waals surface area (Å²) in [4.78, 5) is 26.5. The van der Waals surface area contributed by atoms with Crippen LogP contribution >= 0.6 is 0 Å². The maximum atomic E-state index is 12.6. The minimum absolute atomic E-state index is 0.0208. The quantitative estimate of drug-likeness (QED) is 0.864. The summed E-state index contributed by atoms with van der Waals surface area (Å²) in [6.45, 7) is 0. The summed E-state index contributed by atoms with van der Waals surface area (Å²) in [6.07, 6.45) is 7.24. The average molecular weight is 286 g/mol. The first-order valence-corrected chi connectivity index (χ1v) is 6.98. The smallest absolute Gasteiger partial charge is 0.236 e. The molecule has 0 unspecified atom stereocenters. The Kier molecular flexibility index (Phi) is 2.71. The standard InChI is InChI=1S/C15H14N2O4/c18-14(17-13-3-1-2-8-16-13)15(6-7-15)10-4-5-11-12(9-10)20-21-19-11/h3-5,8-9H,1-2,6-7H2,(H,17,18). The number of nitrogens with zero attached hydrogens (tertiary/aromatic N) is 1. The third-order valence-corrected chi connectivity index (χ3v) is 4.03. The van der Waals surface area contributed by atoms with E-state index < -0.39 is 5.41 Å². The molecule has 0 spiro atoms. The van der Waals surface area contributed by atoms with Crippen molar-refractivity contribution in [3.8, 4) is 11.5 Å². The third-order valence-electron chi connectivity index (χ3n) is 4.03. The molecule has 0 aromatic heterocycles. The van der Waals surface area contributed by atoms with E-state index in [1.807, 2.05) is 18.4 Å². The average Bonchev–Trinajstić information content (AvgIpc) is 3.20. The number of aliphatic imine (C=N–C) groups is 1. The fraction of sp³-hybridized carbons (Fsp3) is 0.333. The van der Waals surface area contributed by atoms with Gasteiger partial charge in [-0.2, -0.15) is 0 Å². The number of rotatable bonds is 3. The van der Waals surface area contributed by atoms with Gasteiger partial charge in [-0.15, -0.1) is 0 Å². The number of allylic oxidation sites excluding steroid dienone is 1. The van der Waals surface area contributed by atoms with Gasteiger partial charge in [0.05, 0.1) is 5.41 Å². The fourth-order valence-corrected chi connectivity index (χ4v) is 2.63. The van der Waals surface area contributed by atoms with E-state index in [2.05, 4.69) is 15.3 Å². The Labute approximate surface area is 121 Å². The first kappa shape index (κ1) is 12.4. The molecule has 1 aliphatic carbocycles. The second kappa shape index (κ2) is 4.60. The molecule has 1 aromatic rings. The van der Waals surface area contributed by atoms with E-state index in [0.29, 0.717) is 17.3 Å². The van der Waals surface area contributed by atoms with E-state index in [9.17, 15) is 4.79 Å². The Morgan fingerprint density at radius 2 is 2.05 bits per heavy atom. The highest BCUT2D eigenvalue weighted by molar-refractivity contribution is 5.92. The summed E-state index contributed by atoms with van der Waals surface area (Å²) in [5.41, 5.74) is 0.419. The summed E-state index contributed by atoms with van der Waals surface area (Å²) < 4.78 is 0. The maximum Gasteiger partial charge on any atom is 0.236 e. The van der Waals surface area contributed by atoms with Crippen molar-refractivity contribution in [2.45, 2.75) is 31.1 Å². The molecule has 0 radical (unpaired) electrons. The molecule has 0 bridgehead atoms. The van der Waals surface area contributed by atoms with Gasteiger partial charge in [0.15, 0.2) is 0 Å². The van der Waals surface area contributed by atoms with Crippen LogP contribution in [0, 0.1) is 0 Å². The second-order valence-electron chi connectivity index (χ2n) is 5.41. The molecule has 1 N–H and O–H groups in total. The zero-order chi connectivity index (χ0) is 14.3. The van der Waals surface area contributed by atoms with Crippen molar-refractivity contribution in [1.29, 1.82) is 0 Å². The highest BCUT2D eigenvalue weighted by Crippen LogP contribution is 2.50. The lowest BCUT2D eigenvalue weighted by atomic mass is 9.94. The van der Waals surface area contributed by atoms with E-state index in [1.54, 1.807) is 12.1 Å². The summed E-state index contributed by atoms with van der Waals surface area (Å²) >= 11 is 0. The van der Waals surface area contributed by atoms with Crippen molar-refractivity contribution >= 4 is 12.1 Å². The van der Waals surface area contributed by atoms with E-state index in [0.717, 1.165) is 31.2 Å². The van der Waals surface area contributed by atoms with Crippen LogP contribution < -0.4 is 15.1 Å². The third kappa shape index (κ3) is 2.08. The first-order chi connectivity index (χ1) is 10.3. The molecule has 3 aliphatic rings. The normalized spacial score (nSPS) is 20.9. The zero-order valence-electron chi connectivity index (χ0n) is 11.3. The van der Waals surface area contributed by atoms with E-state index in [1.165, 1.54) is 0 Å². The molecule has 2 aliphatic heterocycles. The van der Waals surface area contributed by atoms with Gasteiger partial charge in [0.25, 0.3) is 0 Å². The number of nitrogens with one attached hydrogen (secondary N) is 1. The van der Waals surface area contributed by atoms with Gasteiger partial charge in [-0.3, -0.25) is 14.6 Å². The Morgan fingerprint density at radius 1 is 1.19 bits per heavy atom. The molecular weight excluding hydrogens is 272 g/mol. The molecule has 1 aromatic carbocycles. The van der Waals surface area contributed by atoms with E-state index >= 15 is 0 Å². The molecular formula is C15H14N2O4. The SMILES string of the molecule is O=C(NC1=CCCC=N1)C1(c2ccc3c(c2)OOO3)CC1. The molecule has 6 heteroatoms. The molecule has 0 atom stereocenters. The van der Waals surface area contributed by atoms with Crippen molar-refractivity contribution < 1.29 is 19.6 Å². The van der Waals surface area contributed by atoms with Crippen LogP contribution in [-0.2, 0) is 15.2 Å². The largest absolute Gasteiger partial charge is 0.310 e. The highest BCUT2D eigenvalue weighted by Gasteiger charge is 2.52. The van der Waals surface area contributed by atoms with Crippen LogP contribution in [0.5, 0.6) is 11.5 Å². The van der Waals surface area contributed by atoms with Gasteiger partial charge in [-0.1, -0.05) is 6.07 Å². The first-order valence-electron chi connectivity index (χ1n) is 6.98. The summed E-state index contributed by atoms with van der Waals surface area (Å²) in [7, 11) is 0. The molecule has 2 heterocycles. The lowest BCUT2D eigenvalue weighted by molar-refractivity contribution is -0.384. The number of hydrogen-bond acceptors (Lipinski definition) is 5. The predicted molar refractivity (Wildman–Crippen MR) is 73.6 cm³/mol. The van der Waals surface area contributed by atoms with Crippen LogP contribution in [-0.4, -0.2) is 12.1 Å². The predicted octanol–water partition coefficient (Wildman–Crippen LogP) is 2.16. The van der Waals surface area contributed by atoms with Crippen LogP contribution in [0.25, 0.3) is 0 Å². The van der Waals surface area contributed by atoms with Crippen molar-refractivity contribution in [1.82, 2.24) is 5.32 Å². The number of hydrogen-bond donors (Lipinski definition) is 1. The van der Waals surface area contributed by atoms with E-state index in [4.69, 9.17) is 9.78 Å². The molecule has 0 saturated heterocycles. The lowest BCUT2D eigenvalue weighted by Gasteiger charge is -2.17. The van der Waals surface area contributed by atoms with Crippen molar-refractivity contribution in [2.24, 2.45) is 4.99 Å². The molecule has 108 valence electrons. The van der Waals surface area contributed by atoms with Gasteiger partial charge >= 0.3 is 0 Å². The summed E-state index contributed by atoms with van der Waals surface area (Å²) in [5.74, 6) is 1.64. The van der Waals surface area contributed by atoms with Gasteiger partial charge in [0, 0.05) is 11.3 Å². The van der Waals surface area contributed by atoms with Gasteiger partial charge in [0.2, 0.25) is 17.4 Å². The van der Waals surface area contributed by atoms with Crippen molar-refractivity contribution in [3.05, 3.63) is 35.7 Å². The van der Waals surface area contributed by atoms with Gasteiger partial charge < -0.3 is 5.32 Å². The second-order valence-corrected chi connectivity index (χ2v) is 5.41. The Hall–Kier alpha value is -2.34. The van der Waals surface area contributed by atoms with Gasteiger partial charge in [-0.05, 0) is 49.5 Å². The Balaban J connectivity index is 1.57. The molecule has 4 rings (SSSR count). The number of amides is 1. The number of carbonyl (C=O) groups excluding carboxylic acids is 1. The molecule has 21 heavy (non-hydrogen) atoms. The molecule has 1 fully saturated rings. The van der Waals surface area contributed by atoms with Gasteiger partial charge in [-0.25, -0.2) is 4.99 Å². The Morgan fingerprint density at radius 3 is 2.81 bits per heavy atom. The van der Waals surface area contributed by atoms with E-state index in [-0.39, 0.29) is 5.91 Å². The van der Waals surface area contributed by atoms with Crippen LogP contribution in [0.1, 0.15) is 31.2 Å². The molecule has 1 saturated carbocycles. The van der Waals surface area contributed by atoms with Crippen LogP contribution in [0.2, 0.25) is 0 Å². The minimum atomic E-state index is -0.491. The van der Waals surface area contributed by atoms with Crippen LogP contribution in [0.3, 0.4) is 0 Å². The molecule has 6 nitrogen and oxygen atoms in total.